The zero-order chi connectivity index (χ0) is 23.8. The number of nitrogens with zero attached hydrogens (tertiary/aromatic N) is 4. The molecule has 1 aromatic carbocycles. The van der Waals surface area contributed by atoms with Crippen molar-refractivity contribution in [3.8, 4) is 11.5 Å². The summed E-state index contributed by atoms with van der Waals surface area (Å²) in [5.41, 5.74) is 6.49. The smallest absolute Gasteiger partial charge is 0.383 e. The molecule has 0 aliphatic rings. The number of aromatic amines is 1. The average Bonchev–Trinajstić information content (AvgIpc) is 3.41. The minimum absolute atomic E-state index is 0.126. The molecule has 3 heterocycles. The fourth-order valence-electron chi connectivity index (χ4n) is 3.22. The van der Waals surface area contributed by atoms with E-state index in [0.717, 1.165) is 12.1 Å². The predicted octanol–water partition coefficient (Wildman–Crippen LogP) is 2.82. The monoisotopic (exact) mass is 460 g/mol. The predicted molar refractivity (Wildman–Crippen MR) is 112 cm³/mol. The SMILES string of the molecule is CNCc1c(N)ncnc1C(=O)N[C@H](C)c1cc(-c2nc3ccc(C(F)(F)F)cc3[nH]2)no1. The van der Waals surface area contributed by atoms with E-state index in [0.29, 0.717) is 23.4 Å². The molecule has 0 saturated heterocycles. The first kappa shape index (κ1) is 22.2. The van der Waals surface area contributed by atoms with Crippen molar-refractivity contribution in [1.82, 2.24) is 35.7 Å². The zero-order valence-electron chi connectivity index (χ0n) is 17.5. The van der Waals surface area contributed by atoms with Gasteiger partial charge in [-0.05, 0) is 32.2 Å². The van der Waals surface area contributed by atoms with Gasteiger partial charge in [-0.1, -0.05) is 5.16 Å². The number of nitrogen functional groups attached to an aromatic ring is 1. The summed E-state index contributed by atoms with van der Waals surface area (Å²) in [5, 5.41) is 9.58. The molecule has 1 atom stereocenters. The summed E-state index contributed by atoms with van der Waals surface area (Å²) in [6, 6.07) is 4.15. The van der Waals surface area contributed by atoms with Crippen molar-refractivity contribution in [1.29, 1.82) is 0 Å². The van der Waals surface area contributed by atoms with Crippen molar-refractivity contribution in [3.05, 3.63) is 53.2 Å². The Labute approximate surface area is 184 Å². The van der Waals surface area contributed by atoms with Gasteiger partial charge < -0.3 is 25.9 Å². The second-order valence-corrected chi connectivity index (χ2v) is 7.24. The molecule has 13 heteroatoms. The van der Waals surface area contributed by atoms with Gasteiger partial charge in [0.2, 0.25) is 0 Å². The Morgan fingerprint density at radius 2 is 2.06 bits per heavy atom. The number of hydrogen-bond acceptors (Lipinski definition) is 8. The Hall–Kier alpha value is -4.00. The molecule has 0 aliphatic carbocycles. The van der Waals surface area contributed by atoms with Crippen LogP contribution in [0, 0.1) is 0 Å². The van der Waals surface area contributed by atoms with Crippen molar-refractivity contribution >= 4 is 22.8 Å². The van der Waals surface area contributed by atoms with E-state index >= 15 is 0 Å². The van der Waals surface area contributed by atoms with E-state index in [4.69, 9.17) is 10.3 Å². The number of alkyl halides is 3. The molecule has 0 aliphatic heterocycles. The van der Waals surface area contributed by atoms with Gasteiger partial charge in [-0.15, -0.1) is 0 Å². The third-order valence-electron chi connectivity index (χ3n) is 4.90. The number of nitrogens with two attached hydrogens (primary N) is 1. The Kier molecular flexibility index (Phi) is 5.72. The molecule has 1 amide bonds. The molecule has 10 nitrogen and oxygen atoms in total. The summed E-state index contributed by atoms with van der Waals surface area (Å²) in [7, 11) is 1.70. The molecule has 4 rings (SSSR count). The summed E-state index contributed by atoms with van der Waals surface area (Å²) < 4.78 is 44.1. The molecule has 0 fully saturated rings. The second-order valence-electron chi connectivity index (χ2n) is 7.24. The van der Waals surface area contributed by atoms with Crippen LogP contribution in [0.3, 0.4) is 0 Å². The van der Waals surface area contributed by atoms with Gasteiger partial charge >= 0.3 is 6.18 Å². The highest BCUT2D eigenvalue weighted by Crippen LogP contribution is 2.32. The Bertz CT molecular complexity index is 1310. The van der Waals surface area contributed by atoms with Crippen LogP contribution in [0.4, 0.5) is 19.0 Å². The van der Waals surface area contributed by atoms with E-state index in [1.165, 1.54) is 18.5 Å². The van der Waals surface area contributed by atoms with Crippen LogP contribution in [0.25, 0.3) is 22.6 Å². The van der Waals surface area contributed by atoms with E-state index in [1.54, 1.807) is 14.0 Å². The standard InChI is InChI=1S/C20H19F3N8O2/c1-9(28-19(32)16-11(7-25-2)17(24)27-8-26-16)15-6-14(31-33-15)18-29-12-4-3-10(20(21,22)23)5-13(12)30-18/h3-6,8-9,25H,7H2,1-2H3,(H,28,32)(H,29,30)(H2,24,26,27)/t9-/m1/s1. The van der Waals surface area contributed by atoms with E-state index in [9.17, 15) is 18.0 Å². The number of fused-ring (bicyclic) bond motifs is 1. The molecule has 0 saturated carbocycles. The fourth-order valence-corrected chi connectivity index (χ4v) is 3.22. The topological polar surface area (TPSA) is 148 Å². The maximum Gasteiger partial charge on any atom is 0.416 e. The van der Waals surface area contributed by atoms with E-state index < -0.39 is 23.7 Å². The van der Waals surface area contributed by atoms with Crippen molar-refractivity contribution in [2.75, 3.05) is 12.8 Å². The van der Waals surface area contributed by atoms with Crippen molar-refractivity contribution in [3.63, 3.8) is 0 Å². The number of rotatable bonds is 6. The largest absolute Gasteiger partial charge is 0.416 e. The second kappa shape index (κ2) is 8.50. The number of H-pyrrole nitrogens is 1. The number of halogens is 3. The molecule has 0 unspecified atom stereocenters. The van der Waals surface area contributed by atoms with Crippen LogP contribution >= 0.6 is 0 Å². The number of carbonyl (C=O) groups excluding carboxylic acids is 1. The van der Waals surface area contributed by atoms with Gasteiger partial charge in [0.1, 0.15) is 23.5 Å². The normalized spacial score (nSPS) is 12.8. The summed E-state index contributed by atoms with van der Waals surface area (Å²) in [4.78, 5) is 27.7. The highest BCUT2D eigenvalue weighted by Gasteiger charge is 2.31. The average molecular weight is 460 g/mol. The Morgan fingerprint density at radius 1 is 1.27 bits per heavy atom. The zero-order valence-corrected chi connectivity index (χ0v) is 17.5. The maximum atomic E-state index is 12.9. The van der Waals surface area contributed by atoms with Crippen LogP contribution in [0.1, 0.15) is 40.3 Å². The number of anilines is 1. The molecule has 0 spiro atoms. The summed E-state index contributed by atoms with van der Waals surface area (Å²) in [6.45, 7) is 1.98. The lowest BCUT2D eigenvalue weighted by Crippen LogP contribution is -2.29. The van der Waals surface area contributed by atoms with Crippen molar-refractivity contribution in [2.45, 2.75) is 25.7 Å². The number of nitrogens with one attached hydrogen (secondary N) is 3. The number of aromatic nitrogens is 5. The highest BCUT2D eigenvalue weighted by atomic mass is 19.4. The van der Waals surface area contributed by atoms with Gasteiger partial charge in [-0.3, -0.25) is 4.79 Å². The summed E-state index contributed by atoms with van der Waals surface area (Å²) in [6.07, 6.45) is -3.26. The van der Waals surface area contributed by atoms with Gasteiger partial charge in [0.25, 0.3) is 5.91 Å². The van der Waals surface area contributed by atoms with E-state index in [-0.39, 0.29) is 28.5 Å². The minimum atomic E-state index is -4.46. The molecular formula is C20H19F3N8O2. The first-order valence-corrected chi connectivity index (χ1v) is 9.76. The van der Waals surface area contributed by atoms with Crippen LogP contribution in [-0.2, 0) is 12.7 Å². The Morgan fingerprint density at radius 3 is 2.79 bits per heavy atom. The number of benzene rings is 1. The quantitative estimate of drug-likeness (QED) is 0.343. The fraction of sp³-hybridized carbons (Fsp3) is 0.250. The molecule has 0 bridgehead atoms. The minimum Gasteiger partial charge on any atom is -0.383 e. The van der Waals surface area contributed by atoms with Crippen LogP contribution in [0.15, 0.2) is 35.1 Å². The van der Waals surface area contributed by atoms with Gasteiger partial charge in [-0.2, -0.15) is 13.2 Å². The number of hydrogen-bond donors (Lipinski definition) is 4. The lowest BCUT2D eigenvalue weighted by molar-refractivity contribution is -0.137. The van der Waals surface area contributed by atoms with Gasteiger partial charge in [-0.25, -0.2) is 15.0 Å². The number of carbonyl (C=O) groups is 1. The summed E-state index contributed by atoms with van der Waals surface area (Å²) in [5.74, 6) is 0.255. The molecule has 5 N–H and O–H groups in total. The highest BCUT2D eigenvalue weighted by molar-refractivity contribution is 5.94. The van der Waals surface area contributed by atoms with Crippen LogP contribution < -0.4 is 16.4 Å². The van der Waals surface area contributed by atoms with Gasteiger partial charge in [0.05, 0.1) is 22.6 Å². The van der Waals surface area contributed by atoms with Gasteiger partial charge in [0.15, 0.2) is 11.6 Å². The third-order valence-corrected chi connectivity index (χ3v) is 4.90. The lowest BCUT2D eigenvalue weighted by Gasteiger charge is -2.13. The Balaban J connectivity index is 1.54. The third kappa shape index (κ3) is 4.48. The van der Waals surface area contributed by atoms with Crippen molar-refractivity contribution < 1.29 is 22.5 Å². The molecule has 3 aromatic heterocycles. The molecule has 0 radical (unpaired) electrons. The van der Waals surface area contributed by atoms with Crippen LogP contribution in [-0.4, -0.2) is 38.0 Å². The molecule has 172 valence electrons. The van der Waals surface area contributed by atoms with Crippen molar-refractivity contribution in [2.24, 2.45) is 0 Å². The molecular weight excluding hydrogens is 441 g/mol. The first-order chi connectivity index (χ1) is 15.7. The maximum absolute atomic E-state index is 12.9. The molecule has 33 heavy (non-hydrogen) atoms. The van der Waals surface area contributed by atoms with E-state index in [1.807, 2.05) is 0 Å². The number of amides is 1. The first-order valence-electron chi connectivity index (χ1n) is 9.76. The van der Waals surface area contributed by atoms with Crippen LogP contribution in [0.5, 0.6) is 0 Å². The summed E-state index contributed by atoms with van der Waals surface area (Å²) >= 11 is 0. The van der Waals surface area contributed by atoms with Crippen LogP contribution in [0.2, 0.25) is 0 Å². The van der Waals surface area contributed by atoms with E-state index in [2.05, 4.69) is 35.7 Å². The van der Waals surface area contributed by atoms with Gasteiger partial charge in [0, 0.05) is 18.2 Å². The number of imidazole rings is 1. The lowest BCUT2D eigenvalue weighted by atomic mass is 10.1. The molecule has 4 aromatic rings.